The summed E-state index contributed by atoms with van der Waals surface area (Å²) in [6, 6.07) is 11.7. The summed E-state index contributed by atoms with van der Waals surface area (Å²) in [5.74, 6) is -0.572. The maximum Gasteiger partial charge on any atom is 0.276 e. The molecular formula is C18H17FN4O4S. The van der Waals surface area contributed by atoms with Crippen molar-refractivity contribution in [3.8, 4) is 11.4 Å². The second-order valence-electron chi connectivity index (χ2n) is 5.87. The molecule has 3 rings (SSSR count). The zero-order valence-electron chi connectivity index (χ0n) is 15.0. The van der Waals surface area contributed by atoms with Crippen molar-refractivity contribution in [3.63, 3.8) is 0 Å². The molecule has 10 heteroatoms. The third kappa shape index (κ3) is 4.65. The molecule has 146 valence electrons. The number of carbonyl (C=O) groups excluding carboxylic acids is 1. The minimum Gasteiger partial charge on any atom is -0.494 e. The lowest BCUT2D eigenvalue weighted by molar-refractivity contribution is 0.102. The zero-order chi connectivity index (χ0) is 20.3. The zero-order valence-corrected chi connectivity index (χ0v) is 15.8. The molecule has 0 fully saturated rings. The Morgan fingerprint density at radius 3 is 2.50 bits per heavy atom. The Balaban J connectivity index is 1.78. The summed E-state index contributed by atoms with van der Waals surface area (Å²) in [6.45, 7) is 0. The number of benzene rings is 2. The number of sulfonamides is 1. The molecule has 3 aromatic rings. The van der Waals surface area contributed by atoms with E-state index in [9.17, 15) is 17.6 Å². The van der Waals surface area contributed by atoms with Gasteiger partial charge in [0, 0.05) is 12.3 Å². The molecule has 28 heavy (non-hydrogen) atoms. The number of hydrogen-bond acceptors (Lipinski definition) is 5. The van der Waals surface area contributed by atoms with Gasteiger partial charge in [0.2, 0.25) is 10.0 Å². The average Bonchev–Trinajstić information content (AvgIpc) is 3.12. The summed E-state index contributed by atoms with van der Waals surface area (Å²) in [5.41, 5.74) is 1.40. The first kappa shape index (κ1) is 19.4. The van der Waals surface area contributed by atoms with Gasteiger partial charge >= 0.3 is 0 Å². The summed E-state index contributed by atoms with van der Waals surface area (Å²) in [7, 11) is -2.04. The van der Waals surface area contributed by atoms with E-state index in [4.69, 9.17) is 4.74 Å². The van der Waals surface area contributed by atoms with Crippen LogP contribution >= 0.6 is 0 Å². The third-order valence-corrected chi connectivity index (χ3v) is 4.27. The number of aromatic nitrogens is 2. The van der Waals surface area contributed by atoms with Crippen LogP contribution in [-0.2, 0) is 10.0 Å². The molecule has 0 saturated heterocycles. The molecule has 2 N–H and O–H groups in total. The molecule has 1 heterocycles. The van der Waals surface area contributed by atoms with Crippen LogP contribution in [0.25, 0.3) is 5.69 Å². The standard InChI is InChI=1S/C18H17FN4O4S/c1-27-17-11-13(22-28(2,25)26)5-8-15(17)20-18(24)16-9-10-23(21-16)14-6-3-12(19)4-7-14/h3-11,22H,1-2H3,(H,20,24). The van der Waals surface area contributed by atoms with Gasteiger partial charge in [-0.15, -0.1) is 0 Å². The monoisotopic (exact) mass is 404 g/mol. The van der Waals surface area contributed by atoms with Crippen LogP contribution in [0.15, 0.2) is 54.7 Å². The lowest BCUT2D eigenvalue weighted by atomic mass is 10.2. The van der Waals surface area contributed by atoms with Crippen molar-refractivity contribution in [2.75, 3.05) is 23.4 Å². The molecule has 0 unspecified atom stereocenters. The van der Waals surface area contributed by atoms with Gasteiger partial charge in [-0.25, -0.2) is 17.5 Å². The fraction of sp³-hybridized carbons (Fsp3) is 0.111. The summed E-state index contributed by atoms with van der Waals surface area (Å²) >= 11 is 0. The normalized spacial score (nSPS) is 11.1. The Labute approximate surface area is 161 Å². The molecule has 1 aromatic heterocycles. The quantitative estimate of drug-likeness (QED) is 0.658. The van der Waals surface area contributed by atoms with Gasteiger partial charge in [0.05, 0.1) is 30.4 Å². The first-order chi connectivity index (χ1) is 13.2. The minimum atomic E-state index is -3.44. The van der Waals surface area contributed by atoms with Crippen molar-refractivity contribution in [1.82, 2.24) is 9.78 Å². The number of hydrogen-bond donors (Lipinski definition) is 2. The van der Waals surface area contributed by atoms with Crippen LogP contribution in [0.4, 0.5) is 15.8 Å². The molecule has 8 nitrogen and oxygen atoms in total. The van der Waals surface area contributed by atoms with E-state index in [1.54, 1.807) is 18.3 Å². The SMILES string of the molecule is COc1cc(NS(C)(=O)=O)ccc1NC(=O)c1ccn(-c2ccc(F)cc2)n1. The summed E-state index contributed by atoms with van der Waals surface area (Å²) < 4.78 is 44.7. The topological polar surface area (TPSA) is 102 Å². The van der Waals surface area contributed by atoms with Gasteiger partial charge in [0.1, 0.15) is 11.6 Å². The minimum absolute atomic E-state index is 0.143. The molecule has 0 spiro atoms. The van der Waals surface area contributed by atoms with Gasteiger partial charge in [0.15, 0.2) is 5.69 Å². The van der Waals surface area contributed by atoms with Crippen molar-refractivity contribution in [2.45, 2.75) is 0 Å². The van der Waals surface area contributed by atoms with Crippen LogP contribution in [0.2, 0.25) is 0 Å². The second kappa shape index (κ2) is 7.69. The van der Waals surface area contributed by atoms with Gasteiger partial charge in [-0.05, 0) is 42.5 Å². The van der Waals surface area contributed by atoms with Gasteiger partial charge < -0.3 is 10.1 Å². The molecular weight excluding hydrogens is 387 g/mol. The number of anilines is 2. The Morgan fingerprint density at radius 2 is 1.86 bits per heavy atom. The summed E-state index contributed by atoms with van der Waals surface area (Å²) in [5, 5.41) is 6.84. The highest BCUT2D eigenvalue weighted by molar-refractivity contribution is 7.92. The molecule has 0 bridgehead atoms. The lowest BCUT2D eigenvalue weighted by Gasteiger charge is -2.12. The van der Waals surface area contributed by atoms with Crippen LogP contribution < -0.4 is 14.8 Å². The number of halogens is 1. The average molecular weight is 404 g/mol. The van der Waals surface area contributed by atoms with Gasteiger partial charge in [-0.2, -0.15) is 5.10 Å². The van der Waals surface area contributed by atoms with Crippen molar-refractivity contribution in [2.24, 2.45) is 0 Å². The lowest BCUT2D eigenvalue weighted by Crippen LogP contribution is -2.14. The Morgan fingerprint density at radius 1 is 1.14 bits per heavy atom. The molecule has 0 atom stereocenters. The van der Waals surface area contributed by atoms with Crippen molar-refractivity contribution in [3.05, 3.63) is 66.2 Å². The number of nitrogens with zero attached hydrogens (tertiary/aromatic N) is 2. The van der Waals surface area contributed by atoms with E-state index in [-0.39, 0.29) is 17.3 Å². The predicted molar refractivity (Wildman–Crippen MR) is 103 cm³/mol. The van der Waals surface area contributed by atoms with Crippen molar-refractivity contribution in [1.29, 1.82) is 0 Å². The van der Waals surface area contributed by atoms with Crippen LogP contribution in [-0.4, -0.2) is 37.5 Å². The highest BCUT2D eigenvalue weighted by Gasteiger charge is 2.14. The number of methoxy groups -OCH3 is 1. The van der Waals surface area contributed by atoms with E-state index < -0.39 is 15.9 Å². The van der Waals surface area contributed by atoms with Gasteiger partial charge in [0.25, 0.3) is 5.91 Å². The van der Waals surface area contributed by atoms with E-state index in [1.165, 1.54) is 48.2 Å². The van der Waals surface area contributed by atoms with Crippen molar-refractivity contribution >= 4 is 27.3 Å². The largest absolute Gasteiger partial charge is 0.494 e. The van der Waals surface area contributed by atoms with Crippen molar-refractivity contribution < 1.29 is 22.3 Å². The molecule has 0 radical (unpaired) electrons. The number of carbonyl (C=O) groups is 1. The second-order valence-corrected chi connectivity index (χ2v) is 7.61. The van der Waals surface area contributed by atoms with E-state index in [0.29, 0.717) is 17.1 Å². The summed E-state index contributed by atoms with van der Waals surface area (Å²) in [6.07, 6.45) is 2.62. The predicted octanol–water partition coefficient (Wildman–Crippen LogP) is 2.64. The fourth-order valence-electron chi connectivity index (χ4n) is 2.44. The van der Waals surface area contributed by atoms with E-state index in [1.807, 2.05) is 0 Å². The third-order valence-electron chi connectivity index (χ3n) is 3.67. The number of ether oxygens (including phenoxy) is 1. The van der Waals surface area contributed by atoms with Crippen LogP contribution in [0.1, 0.15) is 10.5 Å². The van der Waals surface area contributed by atoms with Gasteiger partial charge in [-0.1, -0.05) is 0 Å². The number of amides is 1. The molecule has 2 aromatic carbocycles. The first-order valence-electron chi connectivity index (χ1n) is 8.04. The number of nitrogens with one attached hydrogen (secondary N) is 2. The molecule has 0 aliphatic heterocycles. The van der Waals surface area contributed by atoms with E-state index in [2.05, 4.69) is 15.1 Å². The van der Waals surface area contributed by atoms with Crippen LogP contribution in [0.5, 0.6) is 5.75 Å². The number of rotatable bonds is 6. The highest BCUT2D eigenvalue weighted by atomic mass is 32.2. The van der Waals surface area contributed by atoms with Gasteiger partial charge in [-0.3, -0.25) is 9.52 Å². The molecule has 0 aliphatic rings. The molecule has 1 amide bonds. The van der Waals surface area contributed by atoms with Crippen LogP contribution in [0, 0.1) is 5.82 Å². The van der Waals surface area contributed by atoms with Crippen LogP contribution in [0.3, 0.4) is 0 Å². The summed E-state index contributed by atoms with van der Waals surface area (Å²) in [4.78, 5) is 12.5. The Hall–Kier alpha value is -3.40. The fourth-order valence-corrected chi connectivity index (χ4v) is 3.00. The first-order valence-corrected chi connectivity index (χ1v) is 9.93. The maximum atomic E-state index is 13.0. The van der Waals surface area contributed by atoms with E-state index >= 15 is 0 Å². The molecule has 0 aliphatic carbocycles. The smallest absolute Gasteiger partial charge is 0.276 e. The Kier molecular flexibility index (Phi) is 5.32. The Bertz CT molecular complexity index is 1110. The highest BCUT2D eigenvalue weighted by Crippen LogP contribution is 2.28. The maximum absolute atomic E-state index is 13.0. The molecule has 0 saturated carbocycles. The van der Waals surface area contributed by atoms with E-state index in [0.717, 1.165) is 6.26 Å².